The third-order valence-corrected chi connectivity index (χ3v) is 5.11. The van der Waals surface area contributed by atoms with Crippen molar-refractivity contribution in [3.8, 4) is 11.3 Å². The zero-order valence-electron chi connectivity index (χ0n) is 18.6. The van der Waals surface area contributed by atoms with Crippen LogP contribution in [0.25, 0.3) is 11.3 Å². The number of aryl methyl sites for hydroxylation is 1. The smallest absolute Gasteiger partial charge is 0.217 e. The number of amidine groups is 1. The lowest BCUT2D eigenvalue weighted by atomic mass is 10.0. The van der Waals surface area contributed by atoms with Crippen LogP contribution >= 0.6 is 0 Å². The van der Waals surface area contributed by atoms with Crippen LogP contribution in [0.3, 0.4) is 0 Å². The van der Waals surface area contributed by atoms with Gasteiger partial charge in [-0.3, -0.25) is 9.78 Å². The van der Waals surface area contributed by atoms with Gasteiger partial charge in [0.05, 0.1) is 5.69 Å². The first-order valence-electron chi connectivity index (χ1n) is 10.9. The Bertz CT molecular complexity index is 1070. The molecule has 0 radical (unpaired) electrons. The first-order chi connectivity index (χ1) is 15.6. The monoisotopic (exact) mass is 434 g/mol. The summed E-state index contributed by atoms with van der Waals surface area (Å²) >= 11 is 0. The van der Waals surface area contributed by atoms with E-state index >= 15 is 0 Å². The summed E-state index contributed by atoms with van der Waals surface area (Å²) in [5, 5.41) is 8.18. The molecule has 5 N–H and O–H groups in total. The summed E-state index contributed by atoms with van der Waals surface area (Å²) in [4.78, 5) is 21.5. The van der Waals surface area contributed by atoms with Crippen molar-refractivity contribution in [2.75, 3.05) is 0 Å². The van der Waals surface area contributed by atoms with E-state index in [0.29, 0.717) is 24.5 Å². The second-order valence-electron chi connectivity index (χ2n) is 7.50. The maximum atomic E-state index is 12.3. The molecule has 0 bridgehead atoms. The molecule has 9 nitrogen and oxygen atoms in total. The van der Waals surface area contributed by atoms with Gasteiger partial charge in [0.2, 0.25) is 11.6 Å². The van der Waals surface area contributed by atoms with Gasteiger partial charge in [0, 0.05) is 36.7 Å². The van der Waals surface area contributed by atoms with E-state index in [9.17, 15) is 4.79 Å². The van der Waals surface area contributed by atoms with Crippen molar-refractivity contribution in [1.29, 1.82) is 0 Å². The van der Waals surface area contributed by atoms with Gasteiger partial charge in [0.15, 0.2) is 5.84 Å². The number of rotatable bonds is 10. The molecule has 32 heavy (non-hydrogen) atoms. The van der Waals surface area contributed by atoms with Crippen LogP contribution in [0.2, 0.25) is 0 Å². The van der Waals surface area contributed by atoms with Crippen molar-refractivity contribution < 1.29 is 4.79 Å². The quantitative estimate of drug-likeness (QED) is 0.147. The summed E-state index contributed by atoms with van der Waals surface area (Å²) in [7, 11) is 0. The van der Waals surface area contributed by atoms with E-state index in [0.717, 1.165) is 54.0 Å². The molecule has 0 spiro atoms. The number of pyridine rings is 1. The number of nitrogens with two attached hydrogens (primary N) is 2. The Morgan fingerprint density at radius 2 is 1.97 bits per heavy atom. The van der Waals surface area contributed by atoms with Gasteiger partial charge in [-0.15, -0.1) is 5.10 Å². The minimum Gasteiger partial charge on any atom is -0.321 e. The molecule has 3 rings (SSSR count). The van der Waals surface area contributed by atoms with Gasteiger partial charge in [-0.1, -0.05) is 50.6 Å². The largest absolute Gasteiger partial charge is 0.321 e. The molecule has 168 valence electrons. The predicted octanol–water partition coefficient (Wildman–Crippen LogP) is 2.80. The fourth-order valence-electron chi connectivity index (χ4n) is 3.42. The van der Waals surface area contributed by atoms with E-state index in [-0.39, 0.29) is 5.78 Å². The molecule has 0 aliphatic heterocycles. The number of Topliss-reactive ketones (excluding diaryl/α,β-unsaturated/α-hetero) is 1. The second kappa shape index (κ2) is 11.1. The van der Waals surface area contributed by atoms with E-state index in [1.807, 2.05) is 54.2 Å². The number of benzene rings is 1. The van der Waals surface area contributed by atoms with Crippen LogP contribution in [0.4, 0.5) is 0 Å². The molecular weight excluding hydrogens is 404 g/mol. The summed E-state index contributed by atoms with van der Waals surface area (Å²) in [6, 6.07) is 11.6. The summed E-state index contributed by atoms with van der Waals surface area (Å²) in [5.41, 5.74) is 5.89. The van der Waals surface area contributed by atoms with Gasteiger partial charge in [0.25, 0.3) is 0 Å². The number of carbonyl (C=O) groups is 1. The Morgan fingerprint density at radius 1 is 1.16 bits per heavy atom. The third-order valence-electron chi connectivity index (χ3n) is 5.11. The molecule has 2 heterocycles. The number of hydrogen-bond donors (Lipinski definition) is 3. The Hall–Kier alpha value is -3.59. The van der Waals surface area contributed by atoms with Crippen LogP contribution in [0, 0.1) is 0 Å². The van der Waals surface area contributed by atoms with E-state index in [1.54, 1.807) is 0 Å². The van der Waals surface area contributed by atoms with E-state index in [4.69, 9.17) is 11.7 Å². The van der Waals surface area contributed by atoms with Crippen molar-refractivity contribution in [2.24, 2.45) is 16.8 Å². The maximum Gasteiger partial charge on any atom is 0.217 e. The molecule has 0 unspecified atom stereocenters. The molecule has 0 aliphatic rings. The van der Waals surface area contributed by atoms with Crippen LogP contribution in [-0.2, 0) is 13.0 Å². The highest BCUT2D eigenvalue weighted by Gasteiger charge is 2.16. The minimum absolute atomic E-state index is 0.0139. The highest BCUT2D eigenvalue weighted by molar-refractivity contribution is 6.03. The van der Waals surface area contributed by atoms with Crippen molar-refractivity contribution in [2.45, 2.75) is 52.5 Å². The fraction of sp³-hybridized carbons (Fsp3) is 0.348. The van der Waals surface area contributed by atoms with E-state index < -0.39 is 0 Å². The summed E-state index contributed by atoms with van der Waals surface area (Å²) in [5.74, 6) is 12.4. The van der Waals surface area contributed by atoms with Gasteiger partial charge >= 0.3 is 0 Å². The highest BCUT2D eigenvalue weighted by Crippen LogP contribution is 2.22. The molecule has 1 aromatic carbocycles. The Morgan fingerprint density at radius 3 is 2.62 bits per heavy atom. The summed E-state index contributed by atoms with van der Waals surface area (Å²) in [6.07, 6.45) is 5.61. The van der Waals surface area contributed by atoms with Crippen LogP contribution in [0.1, 0.15) is 67.1 Å². The lowest BCUT2D eigenvalue weighted by molar-refractivity contribution is 0.0971. The van der Waals surface area contributed by atoms with Crippen molar-refractivity contribution in [3.05, 3.63) is 65.4 Å². The average molecular weight is 435 g/mol. The van der Waals surface area contributed by atoms with Crippen LogP contribution in [0.15, 0.2) is 47.7 Å². The van der Waals surface area contributed by atoms with Crippen LogP contribution < -0.4 is 17.1 Å². The van der Waals surface area contributed by atoms with Crippen LogP contribution in [-0.4, -0.2) is 31.4 Å². The molecule has 9 heteroatoms. The predicted molar refractivity (Wildman–Crippen MR) is 125 cm³/mol. The van der Waals surface area contributed by atoms with Crippen molar-refractivity contribution in [3.63, 3.8) is 0 Å². The maximum absolute atomic E-state index is 12.3. The molecule has 2 aromatic heterocycles. The molecular formula is C23H30N8O. The number of nitrogens with one attached hydrogen (secondary N) is 1. The Balaban J connectivity index is 1.86. The number of ketones is 1. The number of unbranched alkanes of at least 4 members (excludes halogenated alkanes) is 1. The Labute approximate surface area is 187 Å². The first-order valence-corrected chi connectivity index (χ1v) is 10.9. The van der Waals surface area contributed by atoms with Crippen molar-refractivity contribution >= 4 is 11.6 Å². The lowest BCUT2D eigenvalue weighted by Crippen LogP contribution is -2.32. The average Bonchev–Trinajstić information content (AvgIpc) is 3.22. The topological polar surface area (TPSA) is 137 Å². The number of hydrazine groups is 1. The minimum atomic E-state index is -0.0139. The highest BCUT2D eigenvalue weighted by atomic mass is 16.1. The van der Waals surface area contributed by atoms with Crippen molar-refractivity contribution in [1.82, 2.24) is 25.2 Å². The van der Waals surface area contributed by atoms with E-state index in [1.165, 1.54) is 0 Å². The molecule has 0 aliphatic carbocycles. The molecule has 0 atom stereocenters. The molecule has 0 amide bonds. The number of hydrogen-bond acceptors (Lipinski definition) is 7. The molecule has 0 fully saturated rings. The van der Waals surface area contributed by atoms with Gasteiger partial charge < -0.3 is 11.3 Å². The summed E-state index contributed by atoms with van der Waals surface area (Å²) in [6.45, 7) is 4.84. The van der Waals surface area contributed by atoms with Gasteiger partial charge in [-0.2, -0.15) is 5.10 Å². The molecule has 0 saturated carbocycles. The van der Waals surface area contributed by atoms with E-state index in [2.05, 4.69) is 32.5 Å². The van der Waals surface area contributed by atoms with Gasteiger partial charge in [0.1, 0.15) is 5.82 Å². The molecule has 3 aromatic rings. The molecule has 0 saturated heterocycles. The number of nitrogens with zero attached hydrogens (tertiary/aromatic N) is 5. The Kier molecular flexibility index (Phi) is 8.04. The van der Waals surface area contributed by atoms with Gasteiger partial charge in [-0.25, -0.2) is 15.5 Å². The zero-order chi connectivity index (χ0) is 22.9. The number of aromatic nitrogens is 4. The summed E-state index contributed by atoms with van der Waals surface area (Å²) < 4.78 is 1.85. The first kappa shape index (κ1) is 23.1. The van der Waals surface area contributed by atoms with Crippen LogP contribution in [0.5, 0.6) is 0 Å². The number of carbonyl (C=O) groups excluding carboxylic acids is 1. The fourth-order valence-corrected chi connectivity index (χ4v) is 3.42. The SMILES string of the molecule is CCCCn1nc(C(=O)CCC)nc1Cc1ccc(-c2ccccc2/C(=N/N)NN)nc1. The zero-order valence-corrected chi connectivity index (χ0v) is 18.6. The normalized spacial score (nSPS) is 11.5. The standard InChI is InChI=1S/C23H30N8O/c1-3-5-13-31-21(27-23(30-31)20(32)8-4-2)14-16-11-12-19(26-15-16)17-9-6-7-10-18(17)22(28-24)29-25/h6-7,9-12,15H,3-5,8,13-14,24-25H2,1-2H3,(H,28,29). The lowest BCUT2D eigenvalue weighted by Gasteiger charge is -2.11. The second-order valence-corrected chi connectivity index (χ2v) is 7.50. The third kappa shape index (κ3) is 5.36. The van der Waals surface area contributed by atoms with Gasteiger partial charge in [-0.05, 0) is 24.5 Å². The number of hydrazone groups is 1.